The Bertz CT molecular complexity index is 1080. The van der Waals surface area contributed by atoms with Gasteiger partial charge in [0.05, 0.1) is 11.2 Å². The number of hydrogen-bond acceptors (Lipinski definition) is 3. The zero-order valence-corrected chi connectivity index (χ0v) is 14.8. The van der Waals surface area contributed by atoms with Crippen LogP contribution in [0.25, 0.3) is 28.4 Å². The molecule has 0 aliphatic heterocycles. The van der Waals surface area contributed by atoms with E-state index < -0.39 is 0 Å². The number of nitrogens with zero attached hydrogens (tertiary/aromatic N) is 3. The number of hydrogen-bond donors (Lipinski definition) is 0. The maximum absolute atomic E-state index is 6.01. The van der Waals surface area contributed by atoms with Gasteiger partial charge in [-0.25, -0.2) is 4.98 Å². The molecule has 2 aromatic carbocycles. The minimum absolute atomic E-state index is 0.554. The summed E-state index contributed by atoms with van der Waals surface area (Å²) in [6.45, 7) is 2.02. The van der Waals surface area contributed by atoms with Crippen LogP contribution in [0.1, 0.15) is 12.5 Å². The third-order valence-electron chi connectivity index (χ3n) is 4.33. The summed E-state index contributed by atoms with van der Waals surface area (Å²) in [6, 6.07) is 20.1. The molecule has 0 radical (unpaired) electrons. The summed E-state index contributed by atoms with van der Waals surface area (Å²) >= 11 is 0. The first-order valence-corrected chi connectivity index (χ1v) is 8.53. The molecule has 0 aliphatic carbocycles. The smallest absolute Gasteiger partial charge is 0.247 e. The highest BCUT2D eigenvalue weighted by Gasteiger charge is 2.16. The van der Waals surface area contributed by atoms with E-state index in [1.54, 1.807) is 6.33 Å². The van der Waals surface area contributed by atoms with Crippen molar-refractivity contribution in [3.8, 4) is 22.9 Å². The van der Waals surface area contributed by atoms with Crippen molar-refractivity contribution in [2.45, 2.75) is 6.92 Å². The van der Waals surface area contributed by atoms with Crippen LogP contribution >= 0.6 is 0 Å². The van der Waals surface area contributed by atoms with Crippen LogP contribution in [0.4, 0.5) is 0 Å². The minimum atomic E-state index is 0.554. The molecule has 0 saturated carbocycles. The van der Waals surface area contributed by atoms with Crippen molar-refractivity contribution in [2.75, 3.05) is 0 Å². The standard InChI is InChI=1S/C22H19N3O/c1-3-9-16-10-7-8-13-18(16)20-14-19-21(25(20)2)22(24-15-23-19)26-17-11-5-4-6-12-17/h3-15H,1-2H3/b9-3+. The van der Waals surface area contributed by atoms with Gasteiger partial charge in [-0.2, -0.15) is 4.98 Å². The topological polar surface area (TPSA) is 39.9 Å². The van der Waals surface area contributed by atoms with Gasteiger partial charge in [0.2, 0.25) is 5.88 Å². The van der Waals surface area contributed by atoms with E-state index in [0.717, 1.165) is 28.0 Å². The molecule has 0 aliphatic rings. The summed E-state index contributed by atoms with van der Waals surface area (Å²) in [5.41, 5.74) is 5.13. The zero-order valence-electron chi connectivity index (χ0n) is 14.8. The fourth-order valence-corrected chi connectivity index (χ4v) is 3.13. The molecule has 128 valence electrons. The Hall–Kier alpha value is -3.40. The number of para-hydroxylation sites is 1. The first kappa shape index (κ1) is 16.1. The Morgan fingerprint density at radius 2 is 1.73 bits per heavy atom. The Morgan fingerprint density at radius 3 is 2.54 bits per heavy atom. The van der Waals surface area contributed by atoms with Gasteiger partial charge in [-0.15, -0.1) is 0 Å². The number of aromatic nitrogens is 3. The van der Waals surface area contributed by atoms with Crippen LogP contribution in [0.3, 0.4) is 0 Å². The van der Waals surface area contributed by atoms with Crippen molar-refractivity contribution in [1.82, 2.24) is 14.5 Å². The average Bonchev–Trinajstić information content (AvgIpc) is 3.01. The maximum atomic E-state index is 6.01. The van der Waals surface area contributed by atoms with Crippen molar-refractivity contribution in [2.24, 2.45) is 7.05 Å². The van der Waals surface area contributed by atoms with Gasteiger partial charge in [0.25, 0.3) is 0 Å². The monoisotopic (exact) mass is 341 g/mol. The van der Waals surface area contributed by atoms with Crippen molar-refractivity contribution < 1.29 is 4.74 Å². The second-order valence-electron chi connectivity index (χ2n) is 6.00. The number of allylic oxidation sites excluding steroid dienone is 1. The average molecular weight is 341 g/mol. The van der Waals surface area contributed by atoms with Gasteiger partial charge in [0, 0.05) is 12.6 Å². The lowest BCUT2D eigenvalue weighted by atomic mass is 10.0. The zero-order chi connectivity index (χ0) is 17.9. The van der Waals surface area contributed by atoms with E-state index in [9.17, 15) is 0 Å². The summed E-state index contributed by atoms with van der Waals surface area (Å²) in [5, 5.41) is 0. The molecule has 4 nitrogen and oxygen atoms in total. The normalized spacial score (nSPS) is 11.3. The van der Waals surface area contributed by atoms with Crippen LogP contribution < -0.4 is 4.74 Å². The highest BCUT2D eigenvalue weighted by molar-refractivity contribution is 5.89. The maximum Gasteiger partial charge on any atom is 0.247 e. The van der Waals surface area contributed by atoms with Crippen LogP contribution in [0.2, 0.25) is 0 Å². The van der Waals surface area contributed by atoms with Crippen LogP contribution in [0.5, 0.6) is 11.6 Å². The van der Waals surface area contributed by atoms with Crippen molar-refractivity contribution in [1.29, 1.82) is 0 Å². The van der Waals surface area contributed by atoms with Crippen molar-refractivity contribution in [3.63, 3.8) is 0 Å². The minimum Gasteiger partial charge on any atom is -0.437 e. The Morgan fingerprint density at radius 1 is 0.962 bits per heavy atom. The molecule has 0 fully saturated rings. The van der Waals surface area contributed by atoms with Gasteiger partial charge in [0.1, 0.15) is 17.6 Å². The molecular weight excluding hydrogens is 322 g/mol. The highest BCUT2D eigenvalue weighted by atomic mass is 16.5. The van der Waals surface area contributed by atoms with Gasteiger partial charge in [-0.3, -0.25) is 0 Å². The lowest BCUT2D eigenvalue weighted by Crippen LogP contribution is -1.97. The van der Waals surface area contributed by atoms with E-state index in [1.165, 1.54) is 5.56 Å². The van der Waals surface area contributed by atoms with E-state index in [-0.39, 0.29) is 0 Å². The molecule has 0 N–H and O–H groups in total. The van der Waals surface area contributed by atoms with Crippen molar-refractivity contribution in [3.05, 3.63) is 78.6 Å². The van der Waals surface area contributed by atoms with Crippen LogP contribution in [-0.4, -0.2) is 14.5 Å². The van der Waals surface area contributed by atoms with Crippen LogP contribution in [0, 0.1) is 0 Å². The highest BCUT2D eigenvalue weighted by Crippen LogP contribution is 2.34. The molecule has 2 aromatic heterocycles. The molecular formula is C22H19N3O. The largest absolute Gasteiger partial charge is 0.437 e. The lowest BCUT2D eigenvalue weighted by molar-refractivity contribution is 0.465. The molecule has 0 saturated heterocycles. The van der Waals surface area contributed by atoms with Gasteiger partial charge in [0.15, 0.2) is 0 Å². The first-order valence-electron chi connectivity index (χ1n) is 8.53. The van der Waals surface area contributed by atoms with E-state index in [4.69, 9.17) is 4.74 Å². The molecule has 26 heavy (non-hydrogen) atoms. The van der Waals surface area contributed by atoms with Gasteiger partial charge in [-0.05, 0) is 30.7 Å². The number of ether oxygens (including phenoxy) is 1. The number of benzene rings is 2. The fraction of sp³-hybridized carbons (Fsp3) is 0.0909. The van der Waals surface area contributed by atoms with Crippen molar-refractivity contribution >= 4 is 17.1 Å². The second kappa shape index (κ2) is 6.84. The number of aryl methyl sites for hydroxylation is 1. The Balaban J connectivity index is 1.87. The number of rotatable bonds is 4. The molecule has 0 unspecified atom stereocenters. The molecule has 4 rings (SSSR count). The Labute approximate surface area is 152 Å². The summed E-state index contributed by atoms with van der Waals surface area (Å²) < 4.78 is 8.11. The molecule has 4 aromatic rings. The van der Waals surface area contributed by atoms with E-state index in [0.29, 0.717) is 5.88 Å². The molecule has 0 amide bonds. The molecule has 0 bridgehead atoms. The van der Waals surface area contributed by atoms with E-state index >= 15 is 0 Å². The fourth-order valence-electron chi connectivity index (χ4n) is 3.13. The first-order chi connectivity index (χ1) is 12.8. The summed E-state index contributed by atoms with van der Waals surface area (Å²) in [6.07, 6.45) is 5.70. The van der Waals surface area contributed by atoms with E-state index in [1.807, 2.05) is 62.5 Å². The predicted molar refractivity (Wildman–Crippen MR) is 105 cm³/mol. The Kier molecular flexibility index (Phi) is 4.23. The predicted octanol–water partition coefficient (Wildman–Crippen LogP) is 5.46. The lowest BCUT2D eigenvalue weighted by Gasteiger charge is -2.10. The molecule has 4 heteroatoms. The number of fused-ring (bicyclic) bond motifs is 1. The second-order valence-corrected chi connectivity index (χ2v) is 6.00. The molecule has 0 atom stereocenters. The summed E-state index contributed by atoms with van der Waals surface area (Å²) in [7, 11) is 2.02. The van der Waals surface area contributed by atoms with Gasteiger partial charge >= 0.3 is 0 Å². The summed E-state index contributed by atoms with van der Waals surface area (Å²) in [5.74, 6) is 1.31. The van der Waals surface area contributed by atoms with Crippen LogP contribution in [-0.2, 0) is 7.05 Å². The van der Waals surface area contributed by atoms with Gasteiger partial charge < -0.3 is 9.30 Å². The molecule has 2 heterocycles. The van der Waals surface area contributed by atoms with Crippen LogP contribution in [0.15, 0.2) is 73.1 Å². The quantitative estimate of drug-likeness (QED) is 0.495. The third kappa shape index (κ3) is 2.86. The SMILES string of the molecule is C/C=C/c1ccccc1-c1cc2ncnc(Oc3ccccc3)c2n1C. The molecule has 0 spiro atoms. The third-order valence-corrected chi connectivity index (χ3v) is 4.33. The van der Waals surface area contributed by atoms with E-state index in [2.05, 4.69) is 38.8 Å². The van der Waals surface area contributed by atoms with Gasteiger partial charge in [-0.1, -0.05) is 54.6 Å². The summed E-state index contributed by atoms with van der Waals surface area (Å²) in [4.78, 5) is 8.80.